The fraction of sp³-hybridized carbons (Fsp3) is 0.778. The number of hydrogen-bond acceptors (Lipinski definition) is 2. The first-order valence-electron chi connectivity index (χ1n) is 4.63. The molecule has 0 amide bonds. The van der Waals surface area contributed by atoms with Gasteiger partial charge in [-0.3, -0.25) is 0 Å². The minimum Gasteiger partial charge on any atom is -0.365 e. The number of rotatable bonds is 3. The number of aliphatic hydroxyl groups is 2. The van der Waals surface area contributed by atoms with Crippen molar-refractivity contribution in [1.82, 2.24) is 0 Å². The van der Waals surface area contributed by atoms with Gasteiger partial charge >= 0.3 is 0 Å². The first-order valence-corrected chi connectivity index (χ1v) is 11.7. The molecule has 0 aromatic carbocycles. The van der Waals surface area contributed by atoms with Crippen LogP contribution in [0.2, 0.25) is 39.3 Å². The van der Waals surface area contributed by atoms with Crippen LogP contribution in [0.25, 0.3) is 0 Å². The van der Waals surface area contributed by atoms with E-state index < -0.39 is 22.4 Å². The van der Waals surface area contributed by atoms with Gasteiger partial charge in [-0.05, 0) is 5.20 Å². The summed E-state index contributed by atoms with van der Waals surface area (Å²) in [6.07, 6.45) is -1.25. The SMILES string of the molecule is C[Si](C)(C)C=C(C(O)O)[Si](C)(C)C. The van der Waals surface area contributed by atoms with E-state index in [4.69, 9.17) is 0 Å². The van der Waals surface area contributed by atoms with E-state index >= 15 is 0 Å². The molecular formula is C9H22O2Si2. The Morgan fingerprint density at radius 3 is 1.46 bits per heavy atom. The molecule has 0 spiro atoms. The normalized spacial score (nSPS) is 15.3. The summed E-state index contributed by atoms with van der Waals surface area (Å²) in [4.78, 5) is 0. The summed E-state index contributed by atoms with van der Waals surface area (Å²) in [5.41, 5.74) is 2.13. The Labute approximate surface area is 83.3 Å². The third-order valence-electron chi connectivity index (χ3n) is 1.73. The average Bonchev–Trinajstić information content (AvgIpc) is 1.77. The Kier molecular flexibility index (Phi) is 4.11. The molecule has 0 aromatic heterocycles. The van der Waals surface area contributed by atoms with Crippen molar-refractivity contribution in [2.45, 2.75) is 45.6 Å². The Balaban J connectivity index is 4.95. The van der Waals surface area contributed by atoms with Crippen molar-refractivity contribution in [1.29, 1.82) is 0 Å². The second-order valence-electron chi connectivity index (χ2n) is 5.59. The van der Waals surface area contributed by atoms with Crippen LogP contribution in [0.1, 0.15) is 0 Å². The highest BCUT2D eigenvalue weighted by atomic mass is 28.3. The fourth-order valence-electron chi connectivity index (χ4n) is 1.14. The molecule has 13 heavy (non-hydrogen) atoms. The topological polar surface area (TPSA) is 40.5 Å². The van der Waals surface area contributed by atoms with Gasteiger partial charge in [-0.2, -0.15) is 0 Å². The lowest BCUT2D eigenvalue weighted by molar-refractivity contribution is -0.00255. The predicted octanol–water partition coefficient (Wildman–Crippen LogP) is 1.98. The Morgan fingerprint density at radius 1 is 1.00 bits per heavy atom. The fourth-order valence-corrected chi connectivity index (χ4v) is 6.03. The van der Waals surface area contributed by atoms with Crippen LogP contribution in [0, 0.1) is 0 Å². The highest BCUT2D eigenvalue weighted by molar-refractivity contribution is 6.88. The third kappa shape index (κ3) is 5.41. The van der Waals surface area contributed by atoms with Gasteiger partial charge in [-0.25, -0.2) is 0 Å². The standard InChI is InChI=1S/C9H22O2Si2/c1-12(2,3)7-8(9(10)11)13(4,5)6/h7,9-11H,1-6H3. The van der Waals surface area contributed by atoms with Crippen LogP contribution < -0.4 is 0 Å². The van der Waals surface area contributed by atoms with Gasteiger partial charge in [-0.15, -0.1) is 0 Å². The van der Waals surface area contributed by atoms with Crippen LogP contribution in [0.15, 0.2) is 10.9 Å². The minimum absolute atomic E-state index is 0.881. The molecule has 0 aliphatic heterocycles. The molecule has 0 atom stereocenters. The molecule has 0 saturated carbocycles. The van der Waals surface area contributed by atoms with E-state index in [1.807, 2.05) is 0 Å². The molecule has 2 N–H and O–H groups in total. The van der Waals surface area contributed by atoms with Gasteiger partial charge in [-0.1, -0.05) is 45.0 Å². The second-order valence-corrected chi connectivity index (χ2v) is 15.7. The lowest BCUT2D eigenvalue weighted by atomic mass is 10.6. The summed E-state index contributed by atoms with van der Waals surface area (Å²) in [6.45, 7) is 13.0. The van der Waals surface area contributed by atoms with Crippen LogP contribution >= 0.6 is 0 Å². The van der Waals surface area contributed by atoms with Crippen LogP contribution in [-0.4, -0.2) is 32.7 Å². The molecule has 0 aliphatic carbocycles. The molecule has 0 rings (SSSR count). The van der Waals surface area contributed by atoms with Crippen molar-refractivity contribution in [2.75, 3.05) is 0 Å². The molecule has 0 fully saturated rings. The lowest BCUT2D eigenvalue weighted by Crippen LogP contribution is -2.35. The summed E-state index contributed by atoms with van der Waals surface area (Å²) in [5, 5.41) is 19.4. The molecule has 0 aliphatic rings. The monoisotopic (exact) mass is 218 g/mol. The maximum atomic E-state index is 9.26. The Bertz CT molecular complexity index is 197. The van der Waals surface area contributed by atoms with Crippen molar-refractivity contribution in [2.24, 2.45) is 0 Å². The maximum Gasteiger partial charge on any atom is 0.170 e. The van der Waals surface area contributed by atoms with Gasteiger partial charge in [0.25, 0.3) is 0 Å². The van der Waals surface area contributed by atoms with Crippen LogP contribution in [0.5, 0.6) is 0 Å². The molecule has 0 unspecified atom stereocenters. The summed E-state index contributed by atoms with van der Waals surface area (Å²) >= 11 is 0. The quantitative estimate of drug-likeness (QED) is 0.562. The summed E-state index contributed by atoms with van der Waals surface area (Å²) < 4.78 is 0. The van der Waals surface area contributed by atoms with Gasteiger partial charge < -0.3 is 10.2 Å². The smallest absolute Gasteiger partial charge is 0.170 e. The first-order chi connectivity index (χ1) is 5.54. The van der Waals surface area contributed by atoms with Crippen molar-refractivity contribution in [3.8, 4) is 0 Å². The molecule has 4 heteroatoms. The highest BCUT2D eigenvalue weighted by Crippen LogP contribution is 2.20. The molecule has 0 heterocycles. The first kappa shape index (κ1) is 13.1. The van der Waals surface area contributed by atoms with E-state index in [-0.39, 0.29) is 0 Å². The molecule has 0 radical (unpaired) electrons. The number of aliphatic hydroxyl groups excluding tert-OH is 1. The zero-order valence-corrected chi connectivity index (χ0v) is 11.5. The zero-order valence-electron chi connectivity index (χ0n) is 9.55. The van der Waals surface area contributed by atoms with E-state index in [9.17, 15) is 10.2 Å². The van der Waals surface area contributed by atoms with Crippen LogP contribution in [0.3, 0.4) is 0 Å². The van der Waals surface area contributed by atoms with Crippen molar-refractivity contribution in [3.63, 3.8) is 0 Å². The molecule has 0 bridgehead atoms. The molecule has 0 saturated heterocycles. The van der Waals surface area contributed by atoms with E-state index in [1.165, 1.54) is 0 Å². The summed E-state index contributed by atoms with van der Waals surface area (Å²) in [7, 11) is -2.90. The van der Waals surface area contributed by atoms with Gasteiger partial charge in [0.1, 0.15) is 0 Å². The molecule has 2 nitrogen and oxygen atoms in total. The predicted molar refractivity (Wildman–Crippen MR) is 63.0 cm³/mol. The highest BCUT2D eigenvalue weighted by Gasteiger charge is 2.26. The molecular weight excluding hydrogens is 196 g/mol. The van der Waals surface area contributed by atoms with Gasteiger partial charge in [0, 0.05) is 0 Å². The van der Waals surface area contributed by atoms with Crippen LogP contribution in [0.4, 0.5) is 0 Å². The molecule has 78 valence electrons. The third-order valence-corrected chi connectivity index (χ3v) is 5.33. The minimum atomic E-state index is -1.56. The largest absolute Gasteiger partial charge is 0.365 e. The Morgan fingerprint density at radius 2 is 1.38 bits per heavy atom. The number of hydrogen-bond donors (Lipinski definition) is 2. The lowest BCUT2D eigenvalue weighted by Gasteiger charge is -2.25. The van der Waals surface area contributed by atoms with Crippen molar-refractivity contribution < 1.29 is 10.2 Å². The summed E-state index contributed by atoms with van der Waals surface area (Å²) in [5.74, 6) is 0. The van der Waals surface area contributed by atoms with Crippen molar-refractivity contribution in [3.05, 3.63) is 10.9 Å². The van der Waals surface area contributed by atoms with E-state index in [0.29, 0.717) is 0 Å². The van der Waals surface area contributed by atoms with E-state index in [0.717, 1.165) is 5.20 Å². The van der Waals surface area contributed by atoms with E-state index in [2.05, 4.69) is 45.0 Å². The Hall–Kier alpha value is 0.0938. The van der Waals surface area contributed by atoms with Gasteiger partial charge in [0.2, 0.25) is 0 Å². The van der Waals surface area contributed by atoms with E-state index in [1.54, 1.807) is 0 Å². The van der Waals surface area contributed by atoms with Gasteiger partial charge in [0.05, 0.1) is 16.1 Å². The maximum absolute atomic E-state index is 9.26. The molecule has 0 aromatic rings. The summed E-state index contributed by atoms with van der Waals surface area (Å²) in [6, 6.07) is 0. The van der Waals surface area contributed by atoms with Gasteiger partial charge in [0.15, 0.2) is 6.29 Å². The second kappa shape index (κ2) is 4.08. The zero-order chi connectivity index (χ0) is 10.9. The van der Waals surface area contributed by atoms with Crippen LogP contribution in [-0.2, 0) is 0 Å². The average molecular weight is 218 g/mol. The van der Waals surface area contributed by atoms with Crippen molar-refractivity contribution >= 4 is 16.1 Å².